The van der Waals surface area contributed by atoms with Gasteiger partial charge in [0.05, 0.1) is 23.9 Å². The summed E-state index contributed by atoms with van der Waals surface area (Å²) >= 11 is 3.44. The average molecular weight is 937 g/mol. The smallest absolute Gasteiger partial charge is 0.266 e. The minimum atomic E-state index is -0.0551. The van der Waals surface area contributed by atoms with Gasteiger partial charge in [-0.15, -0.1) is 0 Å². The third kappa shape index (κ3) is 13.1. The summed E-state index contributed by atoms with van der Waals surface area (Å²) in [4.78, 5) is 17.9. The number of unbranched alkanes of at least 4 members (excludes halogenated alkanes) is 16. The number of benzene rings is 2. The number of nitrogens with zero attached hydrogens (tertiary/aromatic N) is 2. The number of anilines is 1. The van der Waals surface area contributed by atoms with Crippen LogP contribution in [0.15, 0.2) is 68.8 Å². The Kier molecular flexibility index (Phi) is 20.3. The Morgan fingerprint density at radius 3 is 1.76 bits per heavy atom. The van der Waals surface area contributed by atoms with Gasteiger partial charge in [0.1, 0.15) is 16.2 Å². The van der Waals surface area contributed by atoms with Crippen LogP contribution in [0.1, 0.15) is 212 Å². The maximum absolute atomic E-state index is 14.3. The van der Waals surface area contributed by atoms with Crippen molar-refractivity contribution < 1.29 is 23.9 Å². The van der Waals surface area contributed by atoms with E-state index in [1.54, 1.807) is 23.1 Å². The number of hydrogen-bond acceptors (Lipinski definition) is 7. The van der Waals surface area contributed by atoms with Crippen LogP contribution < -0.4 is 24.0 Å². The van der Waals surface area contributed by atoms with Gasteiger partial charge in [-0.1, -0.05) is 185 Å². The summed E-state index contributed by atoms with van der Waals surface area (Å²) < 4.78 is 16.7. The van der Waals surface area contributed by atoms with Crippen LogP contribution in [0.3, 0.4) is 0 Å². The summed E-state index contributed by atoms with van der Waals surface area (Å²) in [6, 6.07) is 13.1. The highest BCUT2D eigenvalue weighted by atomic mass is 32.2. The van der Waals surface area contributed by atoms with E-state index < -0.39 is 0 Å². The van der Waals surface area contributed by atoms with Crippen LogP contribution in [-0.4, -0.2) is 25.5 Å². The lowest BCUT2D eigenvalue weighted by Crippen LogP contribution is -2.41. The second kappa shape index (κ2) is 26.5. The number of thiazole rings is 1. The molecule has 3 aliphatic heterocycles. The molecule has 0 fully saturated rings. The number of thioether (sulfide) groups is 1. The molecule has 362 valence electrons. The van der Waals surface area contributed by atoms with Gasteiger partial charge in [-0.3, -0.25) is 4.79 Å². The van der Waals surface area contributed by atoms with Crippen LogP contribution in [0.4, 0.5) is 5.69 Å². The molecule has 0 saturated heterocycles. The molecule has 3 aromatic rings. The number of ether oxygens (including phenoxy) is 2. The molecule has 0 radical (unpaired) electrons. The van der Waals surface area contributed by atoms with E-state index in [-0.39, 0.29) is 11.5 Å². The second-order valence-corrected chi connectivity index (χ2v) is 22.2. The van der Waals surface area contributed by atoms with Crippen LogP contribution in [0.25, 0.3) is 15.8 Å². The quantitative estimate of drug-likeness (QED) is 0.0364. The molecule has 2 atom stereocenters. The summed E-state index contributed by atoms with van der Waals surface area (Å²) in [6.45, 7) is 12.5. The first-order valence-corrected chi connectivity index (χ1v) is 28.8. The predicted molar refractivity (Wildman–Crippen MR) is 278 cm³/mol. The van der Waals surface area contributed by atoms with Crippen molar-refractivity contribution in [1.29, 1.82) is 0 Å². The van der Waals surface area contributed by atoms with Gasteiger partial charge in [0.25, 0.3) is 5.01 Å². The predicted octanol–water partition coefficient (Wildman–Crippen LogP) is 16.0. The Balaban J connectivity index is 1.02. The maximum Gasteiger partial charge on any atom is 0.266 e. The van der Waals surface area contributed by atoms with E-state index in [1.165, 1.54) is 165 Å². The number of ketones is 1. The molecule has 4 heterocycles. The van der Waals surface area contributed by atoms with Crippen molar-refractivity contribution in [3.05, 3.63) is 68.9 Å². The normalized spacial score (nSPS) is 17.9. The first-order chi connectivity index (χ1) is 32.4. The van der Waals surface area contributed by atoms with Gasteiger partial charge in [-0.25, -0.2) is 0 Å². The number of aromatic nitrogens is 1. The highest BCUT2D eigenvalue weighted by Gasteiger charge is 2.41. The van der Waals surface area contributed by atoms with Crippen LogP contribution in [0.2, 0.25) is 0 Å². The van der Waals surface area contributed by atoms with Crippen molar-refractivity contribution in [2.24, 2.45) is 11.8 Å². The second-order valence-electron chi connectivity index (χ2n) is 20.1. The van der Waals surface area contributed by atoms with Gasteiger partial charge in [0, 0.05) is 46.7 Å². The highest BCUT2D eigenvalue weighted by Crippen LogP contribution is 2.54. The number of allylic oxidation sites excluding steroid dienone is 4. The number of Topliss-reactive ketones (excluding diaryl/α,β-unsaturated/α-hetero) is 1. The minimum absolute atomic E-state index is 0.0551. The fraction of sp³-hybridized carbons (Fsp3) is 0.655. The molecule has 66 heavy (non-hydrogen) atoms. The zero-order valence-electron chi connectivity index (χ0n) is 41.6. The van der Waals surface area contributed by atoms with Crippen molar-refractivity contribution in [3.63, 3.8) is 0 Å². The van der Waals surface area contributed by atoms with Crippen molar-refractivity contribution in [2.45, 2.75) is 219 Å². The molecule has 1 aliphatic carbocycles. The lowest BCUT2D eigenvalue weighted by Gasteiger charge is -2.37. The SMILES string of the molecule is CCCCCCCCC(CCCCCC)COc1ccc2c(c1)SC1=C(C3=C([O-])/C(=C4/CCC[n+]5c4sc4cc(OCC(CCCCCC)CCCCCCCC)ccc45)C3=O)CCCN12. The average Bonchev–Trinajstić information content (AvgIpc) is 3.90. The van der Waals surface area contributed by atoms with Gasteiger partial charge >= 0.3 is 0 Å². The molecule has 0 bridgehead atoms. The van der Waals surface area contributed by atoms with E-state index in [1.807, 2.05) is 0 Å². The lowest BCUT2D eigenvalue weighted by atomic mass is 9.78. The van der Waals surface area contributed by atoms with Crippen LogP contribution >= 0.6 is 23.1 Å². The van der Waals surface area contributed by atoms with Crippen molar-refractivity contribution in [3.8, 4) is 11.5 Å². The zero-order valence-corrected chi connectivity index (χ0v) is 43.2. The fourth-order valence-corrected chi connectivity index (χ4v) is 13.4. The third-order valence-corrected chi connectivity index (χ3v) is 17.2. The molecule has 1 aromatic heterocycles. The Morgan fingerprint density at radius 2 is 1.17 bits per heavy atom. The molecule has 6 nitrogen and oxygen atoms in total. The highest BCUT2D eigenvalue weighted by molar-refractivity contribution is 8.03. The molecular weight excluding hydrogens is 853 g/mol. The largest absolute Gasteiger partial charge is 0.871 e. The minimum Gasteiger partial charge on any atom is -0.871 e. The molecule has 0 amide bonds. The Labute approximate surface area is 408 Å². The third-order valence-electron chi connectivity index (χ3n) is 14.8. The molecule has 2 unspecified atom stereocenters. The maximum atomic E-state index is 14.3. The molecule has 0 spiro atoms. The Bertz CT molecular complexity index is 2130. The van der Waals surface area contributed by atoms with Gasteiger partial charge in [0.15, 0.2) is 12.3 Å². The van der Waals surface area contributed by atoms with E-state index in [4.69, 9.17) is 9.47 Å². The lowest BCUT2D eigenvalue weighted by molar-refractivity contribution is -0.672. The van der Waals surface area contributed by atoms with E-state index >= 15 is 0 Å². The number of carbonyl (C=O) groups is 1. The number of aryl methyl sites for hydroxylation is 1. The van der Waals surface area contributed by atoms with Crippen molar-refractivity contribution in [2.75, 3.05) is 24.7 Å². The first-order valence-electron chi connectivity index (χ1n) is 27.2. The van der Waals surface area contributed by atoms with E-state index in [9.17, 15) is 9.90 Å². The van der Waals surface area contributed by atoms with Gasteiger partial charge < -0.3 is 19.5 Å². The molecule has 7 rings (SSSR count). The molecule has 0 N–H and O–H groups in total. The summed E-state index contributed by atoms with van der Waals surface area (Å²) in [5.74, 6) is 2.93. The van der Waals surface area contributed by atoms with Crippen molar-refractivity contribution >= 4 is 50.4 Å². The molecule has 8 heteroatoms. The van der Waals surface area contributed by atoms with E-state index in [0.717, 1.165) is 94.3 Å². The molecule has 0 saturated carbocycles. The zero-order chi connectivity index (χ0) is 46.1. The molecule has 2 aromatic carbocycles. The molecule has 4 aliphatic rings. The fourth-order valence-electron chi connectivity index (χ4n) is 10.9. The van der Waals surface area contributed by atoms with Gasteiger partial charge in [0.2, 0.25) is 5.52 Å². The standard InChI is InChI=1S/C58H84N2O4S2/c1-5-9-13-17-19-23-29-43(27-21-15-11-7-3)41-63-45-33-35-49-51(39-45)65-57-47(31-25-37-59(49)57)53-55(61)54(56(53)62)48-32-26-38-60-50-36-34-46(40-52(50)66-58(48)60)64-42-44(28-22-16-12-8-4)30-24-20-18-14-10-6-2/h33-36,39-40,43-44H,5-32,37-38,41-42H2,1-4H3. The van der Waals surface area contributed by atoms with E-state index in [0.29, 0.717) is 23.0 Å². The number of rotatable bonds is 31. The van der Waals surface area contributed by atoms with Crippen LogP contribution in [-0.2, 0) is 11.3 Å². The summed E-state index contributed by atoms with van der Waals surface area (Å²) in [7, 11) is 0. The summed E-state index contributed by atoms with van der Waals surface area (Å²) in [5.41, 5.74) is 5.07. The summed E-state index contributed by atoms with van der Waals surface area (Å²) in [5, 5.41) is 16.5. The summed E-state index contributed by atoms with van der Waals surface area (Å²) in [6.07, 6.45) is 34.7. The number of hydrogen-bond donors (Lipinski definition) is 0. The first kappa shape index (κ1) is 50.6. The van der Waals surface area contributed by atoms with Gasteiger partial charge in [-0.05, 0) is 86.6 Å². The topological polar surface area (TPSA) is 65.7 Å². The Morgan fingerprint density at radius 1 is 0.636 bits per heavy atom. The van der Waals surface area contributed by atoms with Crippen LogP contribution in [0.5, 0.6) is 11.5 Å². The van der Waals surface area contributed by atoms with Crippen LogP contribution in [0, 0.1) is 11.8 Å². The Hall–Kier alpha value is -3.23. The van der Waals surface area contributed by atoms with Gasteiger partial charge in [-0.2, -0.15) is 4.57 Å². The van der Waals surface area contributed by atoms with Crippen molar-refractivity contribution in [1.82, 2.24) is 0 Å². The monoisotopic (exact) mass is 937 g/mol. The van der Waals surface area contributed by atoms with E-state index in [2.05, 4.69) is 73.6 Å². The number of carbonyl (C=O) groups excluding carboxylic acids is 1. The molecular formula is C58H84N2O4S2. The number of fused-ring (bicyclic) bond motifs is 6.